The number of hydrogen-bond donors (Lipinski definition) is 1. The van der Waals surface area contributed by atoms with Gasteiger partial charge in [-0.05, 0) is 30.2 Å². The topological polar surface area (TPSA) is 49.4 Å². The van der Waals surface area contributed by atoms with E-state index in [9.17, 15) is 18.4 Å². The Balaban J connectivity index is 2.24. The SMILES string of the molecule is CC(C)C(NC(=O)c1c(F)cccc1F)C(=O)N(C)c1ccccc1. The molecule has 25 heavy (non-hydrogen) atoms. The Kier molecular flexibility index (Phi) is 5.85. The lowest BCUT2D eigenvalue weighted by Crippen LogP contribution is -2.50. The number of likely N-dealkylation sites (N-methyl/N-ethyl adjacent to an activating group) is 1. The molecule has 1 atom stereocenters. The van der Waals surface area contributed by atoms with Crippen molar-refractivity contribution < 1.29 is 18.4 Å². The smallest absolute Gasteiger partial charge is 0.257 e. The lowest BCUT2D eigenvalue weighted by Gasteiger charge is -2.27. The molecule has 0 aromatic heterocycles. The van der Waals surface area contributed by atoms with Gasteiger partial charge < -0.3 is 10.2 Å². The van der Waals surface area contributed by atoms with Crippen LogP contribution in [0.2, 0.25) is 0 Å². The van der Waals surface area contributed by atoms with Crippen LogP contribution in [0.3, 0.4) is 0 Å². The van der Waals surface area contributed by atoms with Crippen molar-refractivity contribution >= 4 is 17.5 Å². The van der Waals surface area contributed by atoms with Gasteiger partial charge in [0.1, 0.15) is 23.2 Å². The van der Waals surface area contributed by atoms with Gasteiger partial charge in [-0.1, -0.05) is 38.1 Å². The summed E-state index contributed by atoms with van der Waals surface area (Å²) in [4.78, 5) is 26.5. The maximum absolute atomic E-state index is 13.8. The summed E-state index contributed by atoms with van der Waals surface area (Å²) in [6, 6.07) is 11.2. The van der Waals surface area contributed by atoms with Crippen LogP contribution in [-0.4, -0.2) is 24.9 Å². The van der Waals surface area contributed by atoms with Gasteiger partial charge in [0.25, 0.3) is 5.91 Å². The van der Waals surface area contributed by atoms with E-state index in [4.69, 9.17) is 0 Å². The van der Waals surface area contributed by atoms with Crippen LogP contribution in [0.25, 0.3) is 0 Å². The third-order valence-corrected chi connectivity index (χ3v) is 3.88. The number of para-hydroxylation sites is 1. The van der Waals surface area contributed by atoms with Crippen LogP contribution in [0, 0.1) is 17.6 Å². The fourth-order valence-corrected chi connectivity index (χ4v) is 2.43. The van der Waals surface area contributed by atoms with E-state index in [0.717, 1.165) is 12.1 Å². The maximum atomic E-state index is 13.8. The van der Waals surface area contributed by atoms with Crippen molar-refractivity contribution in [2.24, 2.45) is 5.92 Å². The number of benzene rings is 2. The highest BCUT2D eigenvalue weighted by Crippen LogP contribution is 2.17. The van der Waals surface area contributed by atoms with Crippen LogP contribution < -0.4 is 10.2 Å². The van der Waals surface area contributed by atoms with Crippen LogP contribution in [0.1, 0.15) is 24.2 Å². The molecule has 0 radical (unpaired) electrons. The molecule has 4 nitrogen and oxygen atoms in total. The Bertz CT molecular complexity index is 743. The van der Waals surface area contributed by atoms with Crippen LogP contribution in [0.5, 0.6) is 0 Å². The van der Waals surface area contributed by atoms with Gasteiger partial charge in [-0.15, -0.1) is 0 Å². The highest BCUT2D eigenvalue weighted by atomic mass is 19.1. The number of hydrogen-bond acceptors (Lipinski definition) is 2. The maximum Gasteiger partial charge on any atom is 0.257 e. The molecule has 0 saturated carbocycles. The molecule has 0 aliphatic carbocycles. The quantitative estimate of drug-likeness (QED) is 0.902. The Labute approximate surface area is 145 Å². The summed E-state index contributed by atoms with van der Waals surface area (Å²) in [5, 5.41) is 2.45. The van der Waals surface area contributed by atoms with Gasteiger partial charge in [-0.3, -0.25) is 9.59 Å². The molecule has 2 rings (SSSR count). The van der Waals surface area contributed by atoms with Gasteiger partial charge >= 0.3 is 0 Å². The third-order valence-electron chi connectivity index (χ3n) is 3.88. The summed E-state index contributed by atoms with van der Waals surface area (Å²) in [6.07, 6.45) is 0. The summed E-state index contributed by atoms with van der Waals surface area (Å²) in [7, 11) is 1.59. The minimum atomic E-state index is -0.969. The first-order chi connectivity index (χ1) is 11.8. The van der Waals surface area contributed by atoms with E-state index >= 15 is 0 Å². The van der Waals surface area contributed by atoms with Crippen molar-refractivity contribution in [3.05, 3.63) is 65.7 Å². The van der Waals surface area contributed by atoms with E-state index in [1.807, 2.05) is 6.07 Å². The summed E-state index contributed by atoms with van der Waals surface area (Å²) in [5.41, 5.74) is -0.0345. The molecule has 6 heteroatoms. The lowest BCUT2D eigenvalue weighted by atomic mass is 10.0. The second-order valence-corrected chi connectivity index (χ2v) is 6.02. The number of anilines is 1. The fraction of sp³-hybridized carbons (Fsp3) is 0.263. The molecular weight excluding hydrogens is 326 g/mol. The van der Waals surface area contributed by atoms with Crippen molar-refractivity contribution in [1.82, 2.24) is 5.32 Å². The van der Waals surface area contributed by atoms with Gasteiger partial charge in [0, 0.05) is 12.7 Å². The van der Waals surface area contributed by atoms with Crippen LogP contribution in [0.15, 0.2) is 48.5 Å². The van der Waals surface area contributed by atoms with E-state index < -0.39 is 29.1 Å². The summed E-state index contributed by atoms with van der Waals surface area (Å²) >= 11 is 0. The zero-order chi connectivity index (χ0) is 18.6. The first-order valence-electron chi connectivity index (χ1n) is 7.90. The first kappa shape index (κ1) is 18.6. The second kappa shape index (κ2) is 7.88. The van der Waals surface area contributed by atoms with Gasteiger partial charge in [-0.25, -0.2) is 8.78 Å². The van der Waals surface area contributed by atoms with Crippen molar-refractivity contribution in [3.8, 4) is 0 Å². The van der Waals surface area contributed by atoms with E-state index in [1.165, 1.54) is 11.0 Å². The third kappa shape index (κ3) is 4.21. The minimum Gasteiger partial charge on any atom is -0.340 e. The molecule has 2 aromatic rings. The average Bonchev–Trinajstić information content (AvgIpc) is 2.58. The lowest BCUT2D eigenvalue weighted by molar-refractivity contribution is -0.121. The number of rotatable bonds is 5. The average molecular weight is 346 g/mol. The summed E-state index contributed by atoms with van der Waals surface area (Å²) < 4.78 is 27.6. The van der Waals surface area contributed by atoms with E-state index in [0.29, 0.717) is 5.69 Å². The van der Waals surface area contributed by atoms with Gasteiger partial charge in [0.05, 0.1) is 0 Å². The standard InChI is InChI=1S/C19H20F2N2O2/c1-12(2)17(19(25)23(3)13-8-5-4-6-9-13)22-18(24)16-14(20)10-7-11-15(16)21/h4-12,17H,1-3H3,(H,22,24). The largest absolute Gasteiger partial charge is 0.340 e. The predicted octanol–water partition coefficient (Wildman–Crippen LogP) is 3.38. The van der Waals surface area contributed by atoms with Crippen molar-refractivity contribution in [2.45, 2.75) is 19.9 Å². The van der Waals surface area contributed by atoms with E-state index in [1.54, 1.807) is 45.2 Å². The molecule has 1 unspecified atom stereocenters. The summed E-state index contributed by atoms with van der Waals surface area (Å²) in [5.74, 6) is -3.53. The number of halogens is 2. The normalized spacial score (nSPS) is 11.9. The highest BCUT2D eigenvalue weighted by Gasteiger charge is 2.29. The molecule has 2 aromatic carbocycles. The molecule has 0 saturated heterocycles. The van der Waals surface area contributed by atoms with Crippen LogP contribution >= 0.6 is 0 Å². The van der Waals surface area contributed by atoms with E-state index in [2.05, 4.69) is 5.32 Å². The highest BCUT2D eigenvalue weighted by molar-refractivity contribution is 6.02. The van der Waals surface area contributed by atoms with E-state index in [-0.39, 0.29) is 11.8 Å². The number of nitrogens with one attached hydrogen (secondary N) is 1. The number of nitrogens with zero attached hydrogens (tertiary/aromatic N) is 1. The van der Waals surface area contributed by atoms with Crippen molar-refractivity contribution in [1.29, 1.82) is 0 Å². The van der Waals surface area contributed by atoms with Gasteiger partial charge in [-0.2, -0.15) is 0 Å². The molecule has 0 fully saturated rings. The number of carbonyl (C=O) groups is 2. The molecule has 0 aliphatic heterocycles. The van der Waals surface area contributed by atoms with Crippen LogP contribution in [0.4, 0.5) is 14.5 Å². The number of carbonyl (C=O) groups excluding carboxylic acids is 2. The molecule has 0 spiro atoms. The Morgan fingerprint density at radius 3 is 2.04 bits per heavy atom. The molecule has 1 N–H and O–H groups in total. The Morgan fingerprint density at radius 1 is 0.960 bits per heavy atom. The molecular formula is C19H20F2N2O2. The first-order valence-corrected chi connectivity index (χ1v) is 7.90. The van der Waals surface area contributed by atoms with Crippen LogP contribution in [-0.2, 0) is 4.79 Å². The molecule has 2 amide bonds. The van der Waals surface area contributed by atoms with Crippen molar-refractivity contribution in [3.63, 3.8) is 0 Å². The number of amides is 2. The predicted molar refractivity (Wildman–Crippen MR) is 92.3 cm³/mol. The Morgan fingerprint density at radius 2 is 1.52 bits per heavy atom. The molecule has 0 aliphatic rings. The molecule has 132 valence electrons. The van der Waals surface area contributed by atoms with Gasteiger partial charge in [0.2, 0.25) is 5.91 Å². The second-order valence-electron chi connectivity index (χ2n) is 6.02. The molecule has 0 heterocycles. The zero-order valence-corrected chi connectivity index (χ0v) is 14.3. The summed E-state index contributed by atoms with van der Waals surface area (Å²) in [6.45, 7) is 3.50. The van der Waals surface area contributed by atoms with Crippen molar-refractivity contribution in [2.75, 3.05) is 11.9 Å². The van der Waals surface area contributed by atoms with Gasteiger partial charge in [0.15, 0.2) is 0 Å². The zero-order valence-electron chi connectivity index (χ0n) is 14.3. The molecule has 0 bridgehead atoms. The Hall–Kier alpha value is -2.76. The fourth-order valence-electron chi connectivity index (χ4n) is 2.43. The minimum absolute atomic E-state index is 0.266. The monoisotopic (exact) mass is 346 g/mol.